The van der Waals surface area contributed by atoms with Crippen molar-refractivity contribution in [1.29, 1.82) is 10.5 Å². The van der Waals surface area contributed by atoms with Gasteiger partial charge >= 0.3 is 0 Å². The third-order valence-corrected chi connectivity index (χ3v) is 7.59. The highest BCUT2D eigenvalue weighted by Crippen LogP contribution is 2.38. The fraction of sp³-hybridized carbons (Fsp3) is 0.150. The maximum absolute atomic E-state index is 13.0. The van der Waals surface area contributed by atoms with E-state index in [1.54, 1.807) is 11.3 Å². The number of nitriles is 2. The van der Waals surface area contributed by atoms with Gasteiger partial charge in [0.15, 0.2) is 0 Å². The normalized spacial score (nSPS) is 16.8. The smallest absolute Gasteiger partial charge is 0.274 e. The van der Waals surface area contributed by atoms with Crippen LogP contribution in [0.3, 0.4) is 0 Å². The monoisotopic (exact) mass is 422 g/mol. The number of aryl methyl sites for hydroxylation is 2. The molecular formula is C20H14N4OS3. The van der Waals surface area contributed by atoms with Crippen LogP contribution in [0.25, 0.3) is 17.5 Å². The van der Waals surface area contributed by atoms with E-state index >= 15 is 0 Å². The molecule has 0 saturated heterocycles. The molecule has 0 aliphatic carbocycles. The quantitative estimate of drug-likeness (QED) is 0.687. The molecule has 8 heteroatoms. The molecule has 4 rings (SSSR count). The van der Waals surface area contributed by atoms with Crippen LogP contribution in [0.15, 0.2) is 34.6 Å². The van der Waals surface area contributed by atoms with E-state index in [9.17, 15) is 15.3 Å². The average Bonchev–Trinajstić information content (AvgIpc) is 3.35. The largest absolute Gasteiger partial charge is 0.384 e. The second kappa shape index (κ2) is 6.92. The van der Waals surface area contributed by atoms with Gasteiger partial charge < -0.3 is 5.73 Å². The lowest BCUT2D eigenvalue weighted by molar-refractivity contribution is 0.914. The number of thiazole rings is 1. The van der Waals surface area contributed by atoms with Gasteiger partial charge in [-0.25, -0.2) is 0 Å². The Morgan fingerprint density at radius 3 is 2.29 bits per heavy atom. The molecule has 0 bridgehead atoms. The molecule has 28 heavy (non-hydrogen) atoms. The molecule has 1 aliphatic heterocycles. The van der Waals surface area contributed by atoms with E-state index in [0.29, 0.717) is 14.8 Å². The second-order valence-electron chi connectivity index (χ2n) is 6.32. The van der Waals surface area contributed by atoms with Crippen LogP contribution in [0.4, 0.5) is 0 Å². The number of rotatable bonds is 2. The van der Waals surface area contributed by atoms with Crippen LogP contribution in [0.2, 0.25) is 0 Å². The second-order valence-corrected chi connectivity index (χ2v) is 9.99. The van der Waals surface area contributed by atoms with Crippen molar-refractivity contribution in [2.24, 2.45) is 5.73 Å². The Kier molecular flexibility index (Phi) is 4.56. The molecule has 2 N–H and O–H groups in total. The lowest BCUT2D eigenvalue weighted by Gasteiger charge is -2.20. The Labute approximate surface area is 172 Å². The summed E-state index contributed by atoms with van der Waals surface area (Å²) in [5.41, 5.74) is 6.59. The Morgan fingerprint density at radius 2 is 1.71 bits per heavy atom. The van der Waals surface area contributed by atoms with E-state index in [4.69, 9.17) is 5.73 Å². The molecule has 4 heterocycles. The summed E-state index contributed by atoms with van der Waals surface area (Å²) in [4.78, 5) is 17.1. The Hall–Kier alpha value is -2.91. The van der Waals surface area contributed by atoms with Gasteiger partial charge in [0.05, 0.1) is 33.7 Å². The van der Waals surface area contributed by atoms with Gasteiger partial charge in [0.25, 0.3) is 5.56 Å². The van der Waals surface area contributed by atoms with E-state index in [1.165, 1.54) is 27.2 Å². The molecule has 3 aromatic rings. The minimum absolute atomic E-state index is 0.107. The van der Waals surface area contributed by atoms with Crippen molar-refractivity contribution in [2.75, 3.05) is 0 Å². The highest BCUT2D eigenvalue weighted by molar-refractivity contribution is 7.13. The van der Waals surface area contributed by atoms with Crippen molar-refractivity contribution in [2.45, 2.75) is 19.8 Å². The summed E-state index contributed by atoms with van der Waals surface area (Å²) in [6.45, 7) is 3.97. The van der Waals surface area contributed by atoms with E-state index in [2.05, 4.69) is 12.1 Å². The van der Waals surface area contributed by atoms with E-state index in [1.807, 2.05) is 44.2 Å². The molecule has 0 aromatic carbocycles. The zero-order chi connectivity index (χ0) is 20.0. The molecular weight excluding hydrogens is 408 g/mol. The van der Waals surface area contributed by atoms with Crippen molar-refractivity contribution >= 4 is 51.5 Å². The molecule has 1 aliphatic rings. The number of aromatic nitrogens is 1. The standard InChI is InChI=1S/C20H14N4OS3/c1-10-3-5-12(26-10)7-16-19(25)24-18(23)13(8-21)17(14(9-22)20(24)28-16)15-6-4-11(2)27-15/h3-7,17H,23H2,1-2H3/b16-7+/t17-/m1/s1. The van der Waals surface area contributed by atoms with Gasteiger partial charge in [0.1, 0.15) is 10.5 Å². The number of nitrogens with zero attached hydrogens (tertiary/aromatic N) is 3. The third kappa shape index (κ3) is 2.83. The summed E-state index contributed by atoms with van der Waals surface area (Å²) >= 11 is 4.35. The molecule has 0 saturated carbocycles. The zero-order valence-corrected chi connectivity index (χ0v) is 17.5. The minimum Gasteiger partial charge on any atom is -0.384 e. The first-order valence-corrected chi connectivity index (χ1v) is 10.8. The summed E-state index contributed by atoms with van der Waals surface area (Å²) in [7, 11) is 0. The number of hydrogen-bond acceptors (Lipinski definition) is 7. The Morgan fingerprint density at radius 1 is 1.04 bits per heavy atom. The Balaban J connectivity index is 2.07. The van der Waals surface area contributed by atoms with Gasteiger partial charge in [-0.2, -0.15) is 10.5 Å². The highest BCUT2D eigenvalue weighted by atomic mass is 32.1. The van der Waals surface area contributed by atoms with Crippen LogP contribution in [0.1, 0.15) is 25.4 Å². The Bertz CT molecular complexity index is 1400. The van der Waals surface area contributed by atoms with Crippen LogP contribution in [-0.4, -0.2) is 4.57 Å². The first kappa shape index (κ1) is 18.5. The average molecular weight is 423 g/mol. The van der Waals surface area contributed by atoms with Crippen LogP contribution in [-0.2, 0) is 0 Å². The predicted molar refractivity (Wildman–Crippen MR) is 114 cm³/mol. The topological polar surface area (TPSA) is 95.6 Å². The molecule has 1 atom stereocenters. The first-order chi connectivity index (χ1) is 13.4. The van der Waals surface area contributed by atoms with Crippen molar-refractivity contribution in [3.63, 3.8) is 0 Å². The van der Waals surface area contributed by atoms with Crippen molar-refractivity contribution in [3.8, 4) is 12.1 Å². The van der Waals surface area contributed by atoms with Crippen LogP contribution in [0.5, 0.6) is 0 Å². The third-order valence-electron chi connectivity index (χ3n) is 4.47. The van der Waals surface area contributed by atoms with Crippen molar-refractivity contribution in [3.05, 3.63) is 68.9 Å². The number of nitrogens with two attached hydrogens (primary N) is 1. The number of hydrogen-bond donors (Lipinski definition) is 1. The first-order valence-electron chi connectivity index (χ1n) is 8.35. The predicted octanol–water partition coefficient (Wildman–Crippen LogP) is 2.60. The van der Waals surface area contributed by atoms with Gasteiger partial charge in [-0.05, 0) is 44.2 Å². The summed E-state index contributed by atoms with van der Waals surface area (Å²) in [6, 6.07) is 12.2. The summed E-state index contributed by atoms with van der Waals surface area (Å²) in [6.07, 6.45) is 1.81. The number of thiophene rings is 2. The number of fused-ring (bicyclic) bond motifs is 1. The van der Waals surface area contributed by atoms with Crippen LogP contribution in [0, 0.1) is 36.5 Å². The summed E-state index contributed by atoms with van der Waals surface area (Å²) in [5.74, 6) is -0.431. The molecule has 3 aromatic heterocycles. The van der Waals surface area contributed by atoms with Gasteiger partial charge in [-0.1, -0.05) is 0 Å². The fourth-order valence-electron chi connectivity index (χ4n) is 3.20. The van der Waals surface area contributed by atoms with Gasteiger partial charge in [-0.15, -0.1) is 34.0 Å². The maximum Gasteiger partial charge on any atom is 0.274 e. The molecule has 138 valence electrons. The molecule has 0 unspecified atom stereocenters. The fourth-order valence-corrected chi connectivity index (χ4v) is 6.22. The van der Waals surface area contributed by atoms with Crippen molar-refractivity contribution < 1.29 is 0 Å². The van der Waals surface area contributed by atoms with Gasteiger partial charge in [-0.3, -0.25) is 9.36 Å². The van der Waals surface area contributed by atoms with Gasteiger partial charge in [0.2, 0.25) is 0 Å². The minimum atomic E-state index is -0.538. The van der Waals surface area contributed by atoms with Crippen LogP contribution < -0.4 is 20.5 Å². The molecule has 0 spiro atoms. The molecule has 0 radical (unpaired) electrons. The maximum atomic E-state index is 13.0. The summed E-state index contributed by atoms with van der Waals surface area (Å²) < 4.78 is 2.30. The lowest BCUT2D eigenvalue weighted by Crippen LogP contribution is -2.38. The molecule has 0 amide bonds. The van der Waals surface area contributed by atoms with Gasteiger partial charge in [0, 0.05) is 19.5 Å². The van der Waals surface area contributed by atoms with E-state index in [0.717, 1.165) is 19.5 Å². The zero-order valence-electron chi connectivity index (χ0n) is 15.0. The molecule has 5 nitrogen and oxygen atoms in total. The summed E-state index contributed by atoms with van der Waals surface area (Å²) in [5, 5.41) is 19.6. The van der Waals surface area contributed by atoms with E-state index in [-0.39, 0.29) is 17.0 Å². The van der Waals surface area contributed by atoms with Crippen LogP contribution >= 0.6 is 34.0 Å². The van der Waals surface area contributed by atoms with E-state index < -0.39 is 5.92 Å². The lowest BCUT2D eigenvalue weighted by atomic mass is 9.89. The SMILES string of the molecule is Cc1ccc(/C=c2/sc3n(c2=O)C(N)=C(C#N)[C@@H](c2ccc(C)s2)C=3C#N)s1. The van der Waals surface area contributed by atoms with Crippen molar-refractivity contribution in [1.82, 2.24) is 4.57 Å². The number of allylic oxidation sites excluding steroid dienone is 1. The highest BCUT2D eigenvalue weighted by Gasteiger charge is 2.32. The molecule has 0 fully saturated rings.